The van der Waals surface area contributed by atoms with Crippen molar-refractivity contribution < 1.29 is 32.7 Å². The quantitative estimate of drug-likeness (QED) is 0.303. The minimum Gasteiger partial charge on any atom is -0.494 e. The number of morpholine rings is 1. The average Bonchev–Trinajstić information content (AvgIpc) is 3.37. The highest BCUT2D eigenvalue weighted by molar-refractivity contribution is 5.84. The van der Waals surface area contributed by atoms with E-state index in [0.717, 1.165) is 4.57 Å². The van der Waals surface area contributed by atoms with Gasteiger partial charge in [-0.15, -0.1) is 0 Å². The van der Waals surface area contributed by atoms with Gasteiger partial charge in [0.2, 0.25) is 17.6 Å². The Kier molecular flexibility index (Phi) is 8.48. The Hall–Kier alpha value is -4.34. The van der Waals surface area contributed by atoms with Crippen molar-refractivity contribution in [3.8, 4) is 11.7 Å². The van der Waals surface area contributed by atoms with Crippen LogP contribution >= 0.6 is 0 Å². The number of amides is 1. The molecule has 0 bridgehead atoms. The average molecular weight is 605 g/mol. The van der Waals surface area contributed by atoms with E-state index in [1.165, 1.54) is 7.11 Å². The summed E-state index contributed by atoms with van der Waals surface area (Å²) in [5.41, 5.74) is -0.577. The van der Waals surface area contributed by atoms with Gasteiger partial charge in [0, 0.05) is 32.2 Å². The number of nitro groups is 1. The number of methoxy groups -OCH3 is 1. The first-order valence-corrected chi connectivity index (χ1v) is 13.9. The molecule has 2 aromatic heterocycles. The number of carbonyl (C=O) groups is 1. The molecule has 1 aromatic carbocycles. The fourth-order valence-electron chi connectivity index (χ4n) is 5.13. The van der Waals surface area contributed by atoms with Crippen LogP contribution in [0, 0.1) is 10.1 Å². The highest BCUT2D eigenvalue weighted by Gasteiger charge is 2.34. The Labute approximate surface area is 246 Å². The number of para-hydroxylation sites is 1. The molecule has 2 fully saturated rings. The van der Waals surface area contributed by atoms with Crippen molar-refractivity contribution in [2.24, 2.45) is 0 Å². The van der Waals surface area contributed by atoms with Crippen LogP contribution in [0.3, 0.4) is 0 Å². The van der Waals surface area contributed by atoms with E-state index >= 15 is 0 Å². The maximum atomic E-state index is 14.4. The Balaban J connectivity index is 1.57. The van der Waals surface area contributed by atoms with E-state index in [4.69, 9.17) is 14.2 Å². The molecule has 0 saturated carbocycles. The zero-order chi connectivity index (χ0) is 30.9. The summed E-state index contributed by atoms with van der Waals surface area (Å²) in [6.45, 7) is 7.33. The van der Waals surface area contributed by atoms with Crippen molar-refractivity contribution in [1.82, 2.24) is 24.4 Å². The zero-order valence-corrected chi connectivity index (χ0v) is 24.4. The van der Waals surface area contributed by atoms with E-state index in [1.54, 1.807) is 48.8 Å². The van der Waals surface area contributed by atoms with Crippen molar-refractivity contribution >= 4 is 34.4 Å². The minimum absolute atomic E-state index is 0.0167. The highest BCUT2D eigenvalue weighted by atomic mass is 19.3. The molecular weight excluding hydrogens is 570 g/mol. The van der Waals surface area contributed by atoms with Gasteiger partial charge in [0.15, 0.2) is 5.82 Å². The van der Waals surface area contributed by atoms with Crippen LogP contribution in [-0.2, 0) is 9.47 Å². The van der Waals surface area contributed by atoms with Gasteiger partial charge in [0.1, 0.15) is 16.9 Å². The monoisotopic (exact) mass is 604 g/mol. The van der Waals surface area contributed by atoms with Gasteiger partial charge in [0.25, 0.3) is 6.43 Å². The molecule has 4 heterocycles. The normalized spacial score (nSPS) is 16.5. The van der Waals surface area contributed by atoms with Crippen LogP contribution in [0.25, 0.3) is 17.0 Å². The number of piperidine rings is 1. The van der Waals surface area contributed by atoms with Crippen molar-refractivity contribution in [2.45, 2.75) is 51.7 Å². The number of hydrogen-bond donors (Lipinski definition) is 1. The third kappa shape index (κ3) is 6.38. The van der Waals surface area contributed by atoms with E-state index in [2.05, 4.69) is 20.3 Å². The third-order valence-corrected chi connectivity index (χ3v) is 7.12. The standard InChI is InChI=1S/C27H34F2N8O6/c1-27(2,3)43-26(38)35-10-8-16(9-11-35)30-22-20(37(39)40)23(34-12-14-42-15-13-34)33-25(32-22)36-17-6-5-7-18(41-4)19(17)31-24(36)21(28)29/h5-7,16,21H,8-15H2,1-4H3,(H,30,32,33). The molecule has 0 aliphatic carbocycles. The predicted molar refractivity (Wildman–Crippen MR) is 152 cm³/mol. The molecule has 0 unspecified atom stereocenters. The van der Waals surface area contributed by atoms with Gasteiger partial charge >= 0.3 is 11.8 Å². The summed E-state index contributed by atoms with van der Waals surface area (Å²) >= 11 is 0. The summed E-state index contributed by atoms with van der Waals surface area (Å²) in [5, 5.41) is 15.6. The maximum absolute atomic E-state index is 14.4. The van der Waals surface area contributed by atoms with E-state index in [1.807, 2.05) is 0 Å². The number of aromatic nitrogens is 4. The summed E-state index contributed by atoms with van der Waals surface area (Å²) in [6, 6.07) is 4.50. The Morgan fingerprint density at radius 3 is 2.44 bits per heavy atom. The maximum Gasteiger partial charge on any atom is 0.410 e. The van der Waals surface area contributed by atoms with E-state index < -0.39 is 28.9 Å². The van der Waals surface area contributed by atoms with Crippen molar-refractivity contribution in [3.63, 3.8) is 0 Å². The van der Waals surface area contributed by atoms with Crippen LogP contribution < -0.4 is 15.0 Å². The lowest BCUT2D eigenvalue weighted by atomic mass is 10.1. The largest absolute Gasteiger partial charge is 0.494 e. The number of rotatable bonds is 7. The molecule has 1 N–H and O–H groups in total. The summed E-state index contributed by atoms with van der Waals surface area (Å²) in [6.07, 6.45) is -2.53. The summed E-state index contributed by atoms with van der Waals surface area (Å²) < 4.78 is 46.0. The first-order chi connectivity index (χ1) is 20.5. The number of nitrogens with zero attached hydrogens (tertiary/aromatic N) is 7. The van der Waals surface area contributed by atoms with Gasteiger partial charge in [0.05, 0.1) is 30.8 Å². The lowest BCUT2D eigenvalue weighted by molar-refractivity contribution is -0.383. The molecule has 0 radical (unpaired) electrons. The molecule has 0 atom stereocenters. The number of hydrogen-bond acceptors (Lipinski definition) is 11. The van der Waals surface area contributed by atoms with Crippen LogP contribution in [0.1, 0.15) is 45.9 Å². The molecule has 1 amide bonds. The third-order valence-electron chi connectivity index (χ3n) is 7.12. The van der Waals surface area contributed by atoms with Crippen LogP contribution in [0.2, 0.25) is 0 Å². The van der Waals surface area contributed by atoms with E-state index in [0.29, 0.717) is 52.2 Å². The van der Waals surface area contributed by atoms with Gasteiger partial charge in [-0.1, -0.05) is 6.07 Å². The zero-order valence-electron chi connectivity index (χ0n) is 24.4. The molecule has 2 aliphatic heterocycles. The van der Waals surface area contributed by atoms with E-state index in [9.17, 15) is 23.7 Å². The van der Waals surface area contributed by atoms with E-state index in [-0.39, 0.29) is 46.1 Å². The van der Waals surface area contributed by atoms with Gasteiger partial charge in [-0.25, -0.2) is 18.6 Å². The molecule has 232 valence electrons. The fourth-order valence-corrected chi connectivity index (χ4v) is 5.13. The Morgan fingerprint density at radius 1 is 1.14 bits per heavy atom. The molecule has 5 rings (SSSR count). The number of nitrogens with one attached hydrogen (secondary N) is 1. The second-order valence-corrected chi connectivity index (χ2v) is 11.2. The van der Waals surface area contributed by atoms with Crippen LogP contribution in [0.4, 0.5) is 30.9 Å². The second-order valence-electron chi connectivity index (χ2n) is 11.2. The number of fused-ring (bicyclic) bond motifs is 1. The fraction of sp³-hybridized carbons (Fsp3) is 0.556. The number of ether oxygens (including phenoxy) is 3. The first-order valence-electron chi connectivity index (χ1n) is 13.9. The SMILES string of the molecule is COc1cccc2c1nc(C(F)F)n2-c1nc(NC2CCN(C(=O)OC(C)(C)C)CC2)c([N+](=O)[O-])c(N2CCOCC2)n1. The highest BCUT2D eigenvalue weighted by Crippen LogP contribution is 2.38. The molecule has 0 spiro atoms. The molecule has 16 heteroatoms. The van der Waals surface area contributed by atoms with Crippen molar-refractivity contribution in [1.29, 1.82) is 0 Å². The minimum atomic E-state index is -3.00. The first kappa shape index (κ1) is 30.1. The number of halogens is 2. The smallest absolute Gasteiger partial charge is 0.410 e. The molecular formula is C27H34F2N8O6. The van der Waals surface area contributed by atoms with Crippen LogP contribution in [0.15, 0.2) is 18.2 Å². The lowest BCUT2D eigenvalue weighted by Crippen LogP contribution is -2.44. The number of alkyl halides is 2. The Morgan fingerprint density at radius 2 is 1.84 bits per heavy atom. The summed E-state index contributed by atoms with van der Waals surface area (Å²) in [5.74, 6) is -0.678. The number of imidazole rings is 1. The molecule has 2 aliphatic rings. The van der Waals surface area contributed by atoms with Gasteiger partial charge in [-0.05, 0) is 45.7 Å². The second kappa shape index (κ2) is 12.1. The van der Waals surface area contributed by atoms with Gasteiger partial charge < -0.3 is 29.3 Å². The topological polar surface area (TPSA) is 150 Å². The molecule has 14 nitrogen and oxygen atoms in total. The van der Waals surface area contributed by atoms with Gasteiger partial charge in [-0.2, -0.15) is 9.97 Å². The number of benzene rings is 1. The summed E-state index contributed by atoms with van der Waals surface area (Å²) in [4.78, 5) is 40.8. The molecule has 2 saturated heterocycles. The van der Waals surface area contributed by atoms with Crippen molar-refractivity contribution in [3.05, 3.63) is 34.1 Å². The van der Waals surface area contributed by atoms with Crippen molar-refractivity contribution in [2.75, 3.05) is 56.7 Å². The predicted octanol–water partition coefficient (Wildman–Crippen LogP) is 4.32. The number of likely N-dealkylation sites (tertiary alicyclic amines) is 1. The number of anilines is 2. The van der Waals surface area contributed by atoms with Crippen LogP contribution in [0.5, 0.6) is 5.75 Å². The number of carbonyl (C=O) groups excluding carboxylic acids is 1. The van der Waals surface area contributed by atoms with Gasteiger partial charge in [-0.3, -0.25) is 14.7 Å². The Bertz CT molecular complexity index is 1500. The summed E-state index contributed by atoms with van der Waals surface area (Å²) in [7, 11) is 1.41. The van der Waals surface area contributed by atoms with Crippen LogP contribution in [-0.4, -0.2) is 93.6 Å². The lowest BCUT2D eigenvalue weighted by Gasteiger charge is -2.34. The molecule has 3 aromatic rings. The molecule has 43 heavy (non-hydrogen) atoms.